The highest BCUT2D eigenvalue weighted by molar-refractivity contribution is 5.34. The van der Waals surface area contributed by atoms with E-state index in [-0.39, 0.29) is 6.10 Å². The third kappa shape index (κ3) is 2.46. The van der Waals surface area contributed by atoms with Crippen molar-refractivity contribution in [3.8, 4) is 5.69 Å². The maximum Gasteiger partial charge on any atom is 0.0857 e. The van der Waals surface area contributed by atoms with Crippen molar-refractivity contribution in [2.45, 2.75) is 26.4 Å². The monoisotopic (exact) mass is 217 g/mol. The summed E-state index contributed by atoms with van der Waals surface area (Å²) in [6, 6.07) is 8.05. The summed E-state index contributed by atoms with van der Waals surface area (Å²) in [5.41, 5.74) is 2.98. The molecule has 0 saturated heterocycles. The molecule has 1 N–H and O–H groups in total. The molecule has 0 spiro atoms. The van der Waals surface area contributed by atoms with Gasteiger partial charge in [-0.15, -0.1) is 5.10 Å². The number of aryl methyl sites for hydroxylation is 1. The van der Waals surface area contributed by atoms with Gasteiger partial charge in [0.25, 0.3) is 0 Å². The molecule has 1 aromatic heterocycles. The highest BCUT2D eigenvalue weighted by Gasteiger charge is 2.05. The average Bonchev–Trinajstić information content (AvgIpc) is 2.65. The topological polar surface area (TPSA) is 50.9 Å². The minimum atomic E-state index is -0.386. The smallest absolute Gasteiger partial charge is 0.0857 e. The Bertz CT molecular complexity index is 477. The molecule has 16 heavy (non-hydrogen) atoms. The van der Waals surface area contributed by atoms with E-state index in [1.165, 1.54) is 5.56 Å². The van der Waals surface area contributed by atoms with Crippen LogP contribution in [0.15, 0.2) is 30.5 Å². The van der Waals surface area contributed by atoms with Gasteiger partial charge in [0.05, 0.1) is 23.7 Å². The number of rotatable bonds is 3. The molecule has 0 aliphatic rings. The number of nitrogens with zero attached hydrogens (tertiary/aromatic N) is 3. The first-order chi connectivity index (χ1) is 7.65. The summed E-state index contributed by atoms with van der Waals surface area (Å²) in [6.07, 6.45) is 2.00. The lowest BCUT2D eigenvalue weighted by Crippen LogP contribution is -2.04. The summed E-state index contributed by atoms with van der Waals surface area (Å²) in [4.78, 5) is 0. The third-order valence-corrected chi connectivity index (χ3v) is 2.31. The summed E-state index contributed by atoms with van der Waals surface area (Å²) < 4.78 is 1.73. The van der Waals surface area contributed by atoms with Gasteiger partial charge in [0, 0.05) is 6.42 Å². The standard InChI is InChI=1S/C12H15N3O/c1-9-4-3-5-12(6-9)15-8-11(13-14-15)7-10(2)16/h3-6,8,10,16H,7H2,1-2H3. The highest BCUT2D eigenvalue weighted by Crippen LogP contribution is 2.09. The Morgan fingerprint density at radius 1 is 1.44 bits per heavy atom. The molecule has 4 nitrogen and oxygen atoms in total. The highest BCUT2D eigenvalue weighted by atomic mass is 16.3. The molecule has 4 heteroatoms. The molecule has 1 unspecified atom stereocenters. The van der Waals surface area contributed by atoms with Crippen LogP contribution in [0.4, 0.5) is 0 Å². The molecular weight excluding hydrogens is 202 g/mol. The molecule has 0 bridgehead atoms. The zero-order valence-corrected chi connectivity index (χ0v) is 9.46. The second-order valence-electron chi connectivity index (χ2n) is 4.05. The van der Waals surface area contributed by atoms with Crippen LogP contribution in [0.3, 0.4) is 0 Å². The maximum absolute atomic E-state index is 9.25. The van der Waals surface area contributed by atoms with Crippen LogP contribution in [0.2, 0.25) is 0 Å². The van der Waals surface area contributed by atoms with Gasteiger partial charge in [0.15, 0.2) is 0 Å². The molecular formula is C12H15N3O. The first-order valence-electron chi connectivity index (χ1n) is 5.31. The third-order valence-electron chi connectivity index (χ3n) is 2.31. The van der Waals surface area contributed by atoms with Crippen molar-refractivity contribution in [2.24, 2.45) is 0 Å². The lowest BCUT2D eigenvalue weighted by molar-refractivity contribution is 0.194. The normalized spacial score (nSPS) is 12.7. The number of aliphatic hydroxyl groups excluding tert-OH is 1. The van der Waals surface area contributed by atoms with Crippen molar-refractivity contribution >= 4 is 0 Å². The van der Waals surface area contributed by atoms with Gasteiger partial charge in [-0.2, -0.15) is 0 Å². The Balaban J connectivity index is 2.24. The van der Waals surface area contributed by atoms with Gasteiger partial charge in [-0.05, 0) is 31.5 Å². The molecule has 1 aromatic carbocycles. The first-order valence-corrected chi connectivity index (χ1v) is 5.31. The van der Waals surface area contributed by atoms with Crippen LogP contribution in [-0.2, 0) is 6.42 Å². The van der Waals surface area contributed by atoms with Crippen molar-refractivity contribution in [1.82, 2.24) is 15.0 Å². The number of hydrogen-bond donors (Lipinski definition) is 1. The lowest BCUT2D eigenvalue weighted by atomic mass is 10.2. The average molecular weight is 217 g/mol. The number of aromatic nitrogens is 3. The summed E-state index contributed by atoms with van der Waals surface area (Å²) in [7, 11) is 0. The van der Waals surface area contributed by atoms with Crippen LogP contribution >= 0.6 is 0 Å². The van der Waals surface area contributed by atoms with E-state index in [4.69, 9.17) is 0 Å². The van der Waals surface area contributed by atoms with Crippen molar-refractivity contribution in [1.29, 1.82) is 0 Å². The molecule has 2 rings (SSSR count). The quantitative estimate of drug-likeness (QED) is 0.847. The molecule has 0 radical (unpaired) electrons. The Morgan fingerprint density at radius 3 is 2.94 bits per heavy atom. The van der Waals surface area contributed by atoms with Crippen molar-refractivity contribution in [3.63, 3.8) is 0 Å². The van der Waals surface area contributed by atoms with Crippen LogP contribution in [-0.4, -0.2) is 26.2 Å². The van der Waals surface area contributed by atoms with Crippen molar-refractivity contribution in [2.75, 3.05) is 0 Å². The van der Waals surface area contributed by atoms with Crippen LogP contribution in [0.5, 0.6) is 0 Å². The number of aliphatic hydroxyl groups is 1. The molecule has 84 valence electrons. The van der Waals surface area contributed by atoms with E-state index in [1.54, 1.807) is 11.6 Å². The predicted molar refractivity (Wildman–Crippen MR) is 61.5 cm³/mol. The zero-order chi connectivity index (χ0) is 11.5. The molecule has 0 amide bonds. The lowest BCUT2D eigenvalue weighted by Gasteiger charge is -2.00. The summed E-state index contributed by atoms with van der Waals surface area (Å²) in [5.74, 6) is 0. The largest absolute Gasteiger partial charge is 0.393 e. The maximum atomic E-state index is 9.25. The van der Waals surface area contributed by atoms with Crippen molar-refractivity contribution in [3.05, 3.63) is 41.7 Å². The molecule has 2 aromatic rings. The van der Waals surface area contributed by atoms with E-state index in [2.05, 4.69) is 10.3 Å². The van der Waals surface area contributed by atoms with Gasteiger partial charge in [-0.1, -0.05) is 17.3 Å². The van der Waals surface area contributed by atoms with Gasteiger partial charge >= 0.3 is 0 Å². The van der Waals surface area contributed by atoms with E-state index in [0.29, 0.717) is 6.42 Å². The Labute approximate surface area is 94.5 Å². The van der Waals surface area contributed by atoms with Gasteiger partial charge in [-0.3, -0.25) is 0 Å². The number of benzene rings is 1. The SMILES string of the molecule is Cc1cccc(-n2cc(CC(C)O)nn2)c1. The fourth-order valence-electron chi connectivity index (χ4n) is 1.59. The minimum Gasteiger partial charge on any atom is -0.393 e. The Hall–Kier alpha value is -1.68. The van der Waals surface area contributed by atoms with E-state index in [9.17, 15) is 5.11 Å². The second-order valence-corrected chi connectivity index (χ2v) is 4.05. The van der Waals surface area contributed by atoms with Crippen molar-refractivity contribution < 1.29 is 5.11 Å². The molecule has 0 aliphatic carbocycles. The summed E-state index contributed by atoms with van der Waals surface area (Å²) in [5, 5.41) is 17.3. The van der Waals surface area contributed by atoms with Crippen LogP contribution in [0.1, 0.15) is 18.2 Å². The summed E-state index contributed by atoms with van der Waals surface area (Å²) in [6.45, 7) is 3.78. The Kier molecular flexibility index (Phi) is 3.01. The Morgan fingerprint density at radius 2 is 2.25 bits per heavy atom. The zero-order valence-electron chi connectivity index (χ0n) is 9.46. The van der Waals surface area contributed by atoms with Gasteiger partial charge < -0.3 is 5.11 Å². The second kappa shape index (κ2) is 4.45. The molecule has 1 heterocycles. The van der Waals surface area contributed by atoms with Gasteiger partial charge in [0.2, 0.25) is 0 Å². The first kappa shape index (κ1) is 10.8. The molecule has 1 atom stereocenters. The minimum absolute atomic E-state index is 0.386. The van der Waals surface area contributed by atoms with Crippen LogP contribution < -0.4 is 0 Å². The molecule has 0 fully saturated rings. The summed E-state index contributed by atoms with van der Waals surface area (Å²) >= 11 is 0. The van der Waals surface area contributed by atoms with E-state index >= 15 is 0 Å². The van der Waals surface area contributed by atoms with Crippen LogP contribution in [0, 0.1) is 6.92 Å². The van der Waals surface area contributed by atoms with Crippen LogP contribution in [0.25, 0.3) is 5.69 Å². The fraction of sp³-hybridized carbons (Fsp3) is 0.333. The molecule has 0 saturated carbocycles. The predicted octanol–water partition coefficient (Wildman–Crippen LogP) is 1.50. The van der Waals surface area contributed by atoms with E-state index in [1.807, 2.05) is 37.4 Å². The molecule has 0 aliphatic heterocycles. The van der Waals surface area contributed by atoms with E-state index in [0.717, 1.165) is 11.4 Å². The van der Waals surface area contributed by atoms with Gasteiger partial charge in [-0.25, -0.2) is 4.68 Å². The van der Waals surface area contributed by atoms with Gasteiger partial charge in [0.1, 0.15) is 0 Å². The fourth-order valence-corrected chi connectivity index (χ4v) is 1.59. The number of hydrogen-bond acceptors (Lipinski definition) is 3. The van der Waals surface area contributed by atoms with E-state index < -0.39 is 0 Å².